The number of hydrogen-bond donors (Lipinski definition) is 3. The Morgan fingerprint density at radius 1 is 1.52 bits per heavy atom. The predicted molar refractivity (Wildman–Crippen MR) is 75.2 cm³/mol. The molecule has 0 radical (unpaired) electrons. The summed E-state index contributed by atoms with van der Waals surface area (Å²) in [7, 11) is 0. The number of carbonyl (C=O) groups excluding carboxylic acids is 3. The number of nitrogens with zero attached hydrogens (tertiary/aromatic N) is 1. The summed E-state index contributed by atoms with van der Waals surface area (Å²) in [5.41, 5.74) is 6.02. The van der Waals surface area contributed by atoms with Gasteiger partial charge in [0, 0.05) is 19.0 Å². The van der Waals surface area contributed by atoms with Gasteiger partial charge in [-0.15, -0.1) is 0 Å². The molecule has 1 aliphatic heterocycles. The van der Waals surface area contributed by atoms with E-state index in [1.165, 1.54) is 6.20 Å². The number of rotatable bonds is 5. The molecule has 2 atom stereocenters. The maximum atomic E-state index is 12.0. The van der Waals surface area contributed by atoms with E-state index in [2.05, 4.69) is 15.6 Å². The Balaban J connectivity index is 1.99. The quantitative estimate of drug-likeness (QED) is 0.638. The Morgan fingerprint density at radius 2 is 2.29 bits per heavy atom. The van der Waals surface area contributed by atoms with Crippen LogP contribution in [0.2, 0.25) is 5.15 Å². The van der Waals surface area contributed by atoms with E-state index >= 15 is 0 Å². The number of carbonyl (C=O) groups is 3. The first-order valence-electron chi connectivity index (χ1n) is 6.45. The molecule has 1 saturated heterocycles. The van der Waals surface area contributed by atoms with Gasteiger partial charge in [0.2, 0.25) is 17.7 Å². The first kappa shape index (κ1) is 15.2. The number of hydrogen-bond acceptors (Lipinski definition) is 4. The molecule has 0 spiro atoms. The number of pyridine rings is 1. The number of halogens is 1. The molecule has 0 aromatic carbocycles. The molecule has 2 rings (SSSR count). The van der Waals surface area contributed by atoms with Gasteiger partial charge in [0.15, 0.2) is 0 Å². The Bertz CT molecular complexity index is 561. The lowest BCUT2D eigenvalue weighted by molar-refractivity contribution is -0.129. The lowest BCUT2D eigenvalue weighted by Gasteiger charge is -2.18. The average molecular weight is 311 g/mol. The van der Waals surface area contributed by atoms with Crippen molar-refractivity contribution in [1.29, 1.82) is 0 Å². The third kappa shape index (κ3) is 4.16. The van der Waals surface area contributed by atoms with Gasteiger partial charge >= 0.3 is 0 Å². The van der Waals surface area contributed by atoms with E-state index in [9.17, 15) is 14.4 Å². The minimum absolute atomic E-state index is 0.173. The van der Waals surface area contributed by atoms with Gasteiger partial charge in [-0.05, 0) is 18.1 Å². The fraction of sp³-hybridized carbons (Fsp3) is 0.385. The van der Waals surface area contributed by atoms with Crippen molar-refractivity contribution in [3.05, 3.63) is 29.0 Å². The molecular weight excluding hydrogens is 296 g/mol. The summed E-state index contributed by atoms with van der Waals surface area (Å²) in [6.45, 7) is 0. The van der Waals surface area contributed by atoms with E-state index in [-0.39, 0.29) is 12.3 Å². The molecule has 0 saturated carbocycles. The van der Waals surface area contributed by atoms with Crippen molar-refractivity contribution >= 4 is 29.3 Å². The highest BCUT2D eigenvalue weighted by Gasteiger charge is 2.29. The first-order valence-corrected chi connectivity index (χ1v) is 6.83. The molecule has 0 unspecified atom stereocenters. The molecule has 0 bridgehead atoms. The summed E-state index contributed by atoms with van der Waals surface area (Å²) in [6.07, 6.45) is 2.45. The van der Waals surface area contributed by atoms with Gasteiger partial charge in [0.1, 0.15) is 17.2 Å². The molecule has 1 aromatic heterocycles. The Hall–Kier alpha value is -2.15. The van der Waals surface area contributed by atoms with Crippen molar-refractivity contribution in [2.45, 2.75) is 31.3 Å². The highest BCUT2D eigenvalue weighted by Crippen LogP contribution is 2.09. The van der Waals surface area contributed by atoms with Crippen LogP contribution in [-0.2, 0) is 20.8 Å². The largest absolute Gasteiger partial charge is 0.368 e. The van der Waals surface area contributed by atoms with Crippen molar-refractivity contribution in [2.75, 3.05) is 0 Å². The van der Waals surface area contributed by atoms with E-state index in [1.807, 2.05) is 0 Å². The zero-order chi connectivity index (χ0) is 15.4. The molecule has 1 aliphatic rings. The molecule has 1 fully saturated rings. The maximum Gasteiger partial charge on any atom is 0.243 e. The normalized spacial score (nSPS) is 18.9. The molecule has 8 heteroatoms. The van der Waals surface area contributed by atoms with Crippen molar-refractivity contribution in [3.8, 4) is 0 Å². The number of nitrogens with one attached hydrogen (secondary N) is 2. The van der Waals surface area contributed by atoms with Crippen LogP contribution >= 0.6 is 11.6 Å². The molecule has 112 valence electrons. The monoisotopic (exact) mass is 310 g/mol. The molecule has 7 nitrogen and oxygen atoms in total. The number of aromatic nitrogens is 1. The van der Waals surface area contributed by atoms with Crippen molar-refractivity contribution < 1.29 is 14.4 Å². The number of amides is 3. The highest BCUT2D eigenvalue weighted by molar-refractivity contribution is 6.29. The summed E-state index contributed by atoms with van der Waals surface area (Å²) in [4.78, 5) is 38.4. The van der Waals surface area contributed by atoms with Crippen LogP contribution in [0.25, 0.3) is 0 Å². The Labute approximate surface area is 126 Å². The summed E-state index contributed by atoms with van der Waals surface area (Å²) in [5, 5.41) is 5.43. The third-order valence-electron chi connectivity index (χ3n) is 3.20. The summed E-state index contributed by atoms with van der Waals surface area (Å²) in [5.74, 6) is -1.23. The molecule has 4 N–H and O–H groups in total. The minimum atomic E-state index is -0.863. The lowest BCUT2D eigenvalue weighted by atomic mass is 10.1. The van der Waals surface area contributed by atoms with Crippen molar-refractivity contribution in [3.63, 3.8) is 0 Å². The zero-order valence-corrected chi connectivity index (χ0v) is 11.9. The van der Waals surface area contributed by atoms with Crippen LogP contribution in [0.1, 0.15) is 18.4 Å². The lowest BCUT2D eigenvalue weighted by Crippen LogP contribution is -2.51. The second-order valence-corrected chi connectivity index (χ2v) is 5.20. The van der Waals surface area contributed by atoms with Gasteiger partial charge in [-0.3, -0.25) is 14.4 Å². The van der Waals surface area contributed by atoms with Crippen LogP contribution in [-0.4, -0.2) is 34.8 Å². The van der Waals surface area contributed by atoms with Gasteiger partial charge in [0.25, 0.3) is 0 Å². The van der Waals surface area contributed by atoms with Gasteiger partial charge in [-0.25, -0.2) is 4.98 Å². The van der Waals surface area contributed by atoms with Crippen LogP contribution in [0.4, 0.5) is 0 Å². The van der Waals surface area contributed by atoms with Gasteiger partial charge < -0.3 is 16.4 Å². The summed E-state index contributed by atoms with van der Waals surface area (Å²) in [6, 6.07) is 1.82. The summed E-state index contributed by atoms with van der Waals surface area (Å²) >= 11 is 5.68. The van der Waals surface area contributed by atoms with E-state index in [4.69, 9.17) is 17.3 Å². The smallest absolute Gasteiger partial charge is 0.243 e. The molecule has 1 aromatic rings. The predicted octanol–water partition coefficient (Wildman–Crippen LogP) is -0.474. The molecule has 21 heavy (non-hydrogen) atoms. The fourth-order valence-corrected chi connectivity index (χ4v) is 2.18. The van der Waals surface area contributed by atoms with Gasteiger partial charge in [-0.2, -0.15) is 0 Å². The second-order valence-electron chi connectivity index (χ2n) is 4.82. The molecular formula is C13H15ClN4O3. The van der Waals surface area contributed by atoms with E-state index in [0.29, 0.717) is 18.0 Å². The van der Waals surface area contributed by atoms with Crippen LogP contribution in [0.5, 0.6) is 0 Å². The van der Waals surface area contributed by atoms with Gasteiger partial charge in [-0.1, -0.05) is 17.7 Å². The van der Waals surface area contributed by atoms with E-state index in [0.717, 1.165) is 5.56 Å². The minimum Gasteiger partial charge on any atom is -0.368 e. The van der Waals surface area contributed by atoms with Crippen LogP contribution < -0.4 is 16.4 Å². The molecule has 0 aliphatic carbocycles. The van der Waals surface area contributed by atoms with Crippen molar-refractivity contribution in [2.24, 2.45) is 5.73 Å². The Kier molecular flexibility index (Phi) is 4.74. The van der Waals surface area contributed by atoms with Crippen LogP contribution in [0, 0.1) is 0 Å². The second kappa shape index (κ2) is 6.53. The number of nitrogens with two attached hydrogens (primary N) is 1. The maximum absolute atomic E-state index is 12.0. The fourth-order valence-electron chi connectivity index (χ4n) is 2.07. The zero-order valence-electron chi connectivity index (χ0n) is 11.1. The Morgan fingerprint density at radius 3 is 2.81 bits per heavy atom. The first-order chi connectivity index (χ1) is 9.95. The summed E-state index contributed by atoms with van der Waals surface area (Å²) < 4.78 is 0. The van der Waals surface area contributed by atoms with Crippen LogP contribution in [0.3, 0.4) is 0 Å². The van der Waals surface area contributed by atoms with Crippen molar-refractivity contribution in [1.82, 2.24) is 15.6 Å². The number of primary amides is 1. The topological polar surface area (TPSA) is 114 Å². The molecule has 2 heterocycles. The highest BCUT2D eigenvalue weighted by atomic mass is 35.5. The SMILES string of the molecule is NC(=O)[C@H](Cc1ccc(Cl)nc1)NC(=O)[C@@H]1CCC(=O)N1. The third-order valence-corrected chi connectivity index (χ3v) is 3.42. The average Bonchev–Trinajstić information content (AvgIpc) is 2.87. The van der Waals surface area contributed by atoms with Crippen LogP contribution in [0.15, 0.2) is 18.3 Å². The van der Waals surface area contributed by atoms with E-state index in [1.54, 1.807) is 12.1 Å². The molecule has 3 amide bonds. The standard InChI is InChI=1S/C13H15ClN4O3/c14-10-3-1-7(6-16-10)5-9(12(15)20)18-13(21)8-2-4-11(19)17-8/h1,3,6,8-9H,2,4-5H2,(H2,15,20)(H,17,19)(H,18,21)/t8-,9-/m0/s1. The van der Waals surface area contributed by atoms with E-state index < -0.39 is 23.9 Å². The van der Waals surface area contributed by atoms with Gasteiger partial charge in [0.05, 0.1) is 0 Å².